The highest BCUT2D eigenvalue weighted by atomic mass is 14.9. The lowest BCUT2D eigenvalue weighted by Crippen LogP contribution is -1.85. The third-order valence-corrected chi connectivity index (χ3v) is 3.79. The molecule has 0 unspecified atom stereocenters. The second kappa shape index (κ2) is 5.04. The van der Waals surface area contributed by atoms with E-state index in [-0.39, 0.29) is 0 Å². The van der Waals surface area contributed by atoms with E-state index in [4.69, 9.17) is 5.73 Å². The molecular weight excluding hydrogens is 270 g/mol. The number of H-pyrrole nitrogens is 1. The molecule has 0 aliphatic rings. The van der Waals surface area contributed by atoms with Gasteiger partial charge in [0.05, 0.1) is 11.0 Å². The lowest BCUT2D eigenvalue weighted by Gasteiger charge is -2.03. The molecular formula is C19H15N3. The normalized spacial score (nSPS) is 10.9. The van der Waals surface area contributed by atoms with Gasteiger partial charge in [0.15, 0.2) is 0 Å². The number of nitrogen functional groups attached to an aromatic ring is 1. The van der Waals surface area contributed by atoms with Crippen LogP contribution in [0.15, 0.2) is 72.8 Å². The minimum Gasteiger partial charge on any atom is -0.399 e. The first-order valence-electron chi connectivity index (χ1n) is 7.21. The van der Waals surface area contributed by atoms with Crippen molar-refractivity contribution in [2.75, 3.05) is 5.73 Å². The van der Waals surface area contributed by atoms with E-state index in [9.17, 15) is 0 Å². The number of aromatic nitrogens is 2. The number of nitrogens with two attached hydrogens (primary N) is 1. The van der Waals surface area contributed by atoms with Crippen LogP contribution in [-0.2, 0) is 0 Å². The molecule has 3 N–H and O–H groups in total. The summed E-state index contributed by atoms with van der Waals surface area (Å²) in [6.07, 6.45) is 0. The lowest BCUT2D eigenvalue weighted by atomic mass is 10.0. The van der Waals surface area contributed by atoms with E-state index in [0.717, 1.165) is 33.7 Å². The van der Waals surface area contributed by atoms with Gasteiger partial charge in [-0.25, -0.2) is 4.98 Å². The number of hydrogen-bond donors (Lipinski definition) is 2. The molecule has 3 heteroatoms. The summed E-state index contributed by atoms with van der Waals surface area (Å²) in [7, 11) is 0. The standard InChI is InChI=1S/C19H15N3/c20-16-11-9-14(10-12-16)13-5-7-15(8-6-13)19-21-17-3-1-2-4-18(17)22-19/h1-12H,20H2,(H,21,22). The Balaban J connectivity index is 1.70. The van der Waals surface area contributed by atoms with Crippen molar-refractivity contribution < 1.29 is 0 Å². The monoisotopic (exact) mass is 285 g/mol. The Labute approximate surface area is 128 Å². The smallest absolute Gasteiger partial charge is 0.138 e. The maximum Gasteiger partial charge on any atom is 0.138 e. The van der Waals surface area contributed by atoms with Crippen molar-refractivity contribution in [3.05, 3.63) is 72.8 Å². The maximum atomic E-state index is 5.73. The van der Waals surface area contributed by atoms with Gasteiger partial charge in [-0.1, -0.05) is 48.5 Å². The first-order valence-corrected chi connectivity index (χ1v) is 7.21. The molecule has 0 bridgehead atoms. The molecule has 3 aromatic carbocycles. The van der Waals surface area contributed by atoms with Crippen LogP contribution in [-0.4, -0.2) is 9.97 Å². The minimum atomic E-state index is 0.780. The number of aromatic amines is 1. The predicted octanol–water partition coefficient (Wildman–Crippen LogP) is 4.48. The Morgan fingerprint density at radius 3 is 1.95 bits per heavy atom. The van der Waals surface area contributed by atoms with E-state index in [1.54, 1.807) is 0 Å². The van der Waals surface area contributed by atoms with Crippen molar-refractivity contribution in [3.8, 4) is 22.5 Å². The highest BCUT2D eigenvalue weighted by Crippen LogP contribution is 2.25. The Morgan fingerprint density at radius 2 is 1.27 bits per heavy atom. The van der Waals surface area contributed by atoms with Crippen LogP contribution in [0.3, 0.4) is 0 Å². The number of fused-ring (bicyclic) bond motifs is 1. The third kappa shape index (κ3) is 2.23. The summed E-state index contributed by atoms with van der Waals surface area (Å²) in [6, 6.07) is 24.3. The zero-order valence-electron chi connectivity index (χ0n) is 12.0. The fraction of sp³-hybridized carbons (Fsp3) is 0. The first kappa shape index (κ1) is 12.7. The Morgan fingerprint density at radius 1 is 0.682 bits per heavy atom. The summed E-state index contributed by atoms with van der Waals surface area (Å²) in [5.41, 5.74) is 12.0. The molecule has 0 fully saturated rings. The summed E-state index contributed by atoms with van der Waals surface area (Å²) in [4.78, 5) is 7.98. The van der Waals surface area contributed by atoms with Crippen LogP contribution < -0.4 is 5.73 Å². The van der Waals surface area contributed by atoms with E-state index < -0.39 is 0 Å². The number of benzene rings is 3. The molecule has 0 spiro atoms. The number of nitrogens with one attached hydrogen (secondary N) is 1. The van der Waals surface area contributed by atoms with Crippen LogP contribution >= 0.6 is 0 Å². The fourth-order valence-electron chi connectivity index (χ4n) is 2.59. The van der Waals surface area contributed by atoms with Crippen molar-refractivity contribution in [2.45, 2.75) is 0 Å². The molecule has 0 saturated carbocycles. The van der Waals surface area contributed by atoms with E-state index >= 15 is 0 Å². The first-order chi connectivity index (χ1) is 10.8. The Hall–Kier alpha value is -3.07. The van der Waals surface area contributed by atoms with E-state index in [1.807, 2.05) is 48.5 Å². The SMILES string of the molecule is Nc1ccc(-c2ccc(-c3nc4ccccc4[nH]3)cc2)cc1. The van der Waals surface area contributed by atoms with Crippen molar-refractivity contribution in [1.82, 2.24) is 9.97 Å². The average Bonchev–Trinajstić information content (AvgIpc) is 3.00. The fourth-order valence-corrected chi connectivity index (χ4v) is 2.59. The molecule has 106 valence electrons. The van der Waals surface area contributed by atoms with E-state index in [0.29, 0.717) is 0 Å². The molecule has 0 saturated heterocycles. The van der Waals surface area contributed by atoms with Crippen LogP contribution in [0.4, 0.5) is 5.69 Å². The van der Waals surface area contributed by atoms with Gasteiger partial charge in [-0.05, 0) is 35.4 Å². The van der Waals surface area contributed by atoms with Crippen molar-refractivity contribution in [2.24, 2.45) is 0 Å². The van der Waals surface area contributed by atoms with Gasteiger partial charge >= 0.3 is 0 Å². The highest BCUT2D eigenvalue weighted by Gasteiger charge is 2.05. The minimum absolute atomic E-state index is 0.780. The Bertz CT molecular complexity index is 886. The largest absolute Gasteiger partial charge is 0.399 e. The van der Waals surface area contributed by atoms with E-state index in [2.05, 4.69) is 34.2 Å². The molecule has 0 atom stereocenters. The highest BCUT2D eigenvalue weighted by molar-refractivity contribution is 5.79. The maximum absolute atomic E-state index is 5.73. The van der Waals surface area contributed by atoms with Crippen LogP contribution in [0.1, 0.15) is 0 Å². The van der Waals surface area contributed by atoms with Gasteiger partial charge in [-0.15, -0.1) is 0 Å². The summed E-state index contributed by atoms with van der Waals surface area (Å²) < 4.78 is 0. The van der Waals surface area contributed by atoms with Gasteiger partial charge < -0.3 is 10.7 Å². The zero-order valence-corrected chi connectivity index (χ0v) is 12.0. The Kier molecular flexibility index (Phi) is 2.90. The van der Waals surface area contributed by atoms with Gasteiger partial charge in [0.25, 0.3) is 0 Å². The number of imidazole rings is 1. The molecule has 0 radical (unpaired) electrons. The average molecular weight is 285 g/mol. The topological polar surface area (TPSA) is 54.7 Å². The molecule has 22 heavy (non-hydrogen) atoms. The molecule has 3 nitrogen and oxygen atoms in total. The summed E-state index contributed by atoms with van der Waals surface area (Å²) in [5.74, 6) is 0.894. The van der Waals surface area contributed by atoms with Crippen molar-refractivity contribution in [3.63, 3.8) is 0 Å². The number of rotatable bonds is 2. The molecule has 0 aliphatic carbocycles. The van der Waals surface area contributed by atoms with Crippen molar-refractivity contribution in [1.29, 1.82) is 0 Å². The quantitative estimate of drug-likeness (QED) is 0.533. The predicted molar refractivity (Wildman–Crippen MR) is 91.4 cm³/mol. The van der Waals surface area contributed by atoms with Crippen LogP contribution in [0.25, 0.3) is 33.5 Å². The third-order valence-electron chi connectivity index (χ3n) is 3.79. The number of para-hydroxylation sites is 2. The van der Waals surface area contributed by atoms with Crippen molar-refractivity contribution >= 4 is 16.7 Å². The van der Waals surface area contributed by atoms with E-state index in [1.165, 1.54) is 5.56 Å². The molecule has 4 rings (SSSR count). The van der Waals surface area contributed by atoms with Gasteiger partial charge in [0.1, 0.15) is 5.82 Å². The number of hydrogen-bond acceptors (Lipinski definition) is 2. The van der Waals surface area contributed by atoms with Gasteiger partial charge in [-0.2, -0.15) is 0 Å². The lowest BCUT2D eigenvalue weighted by molar-refractivity contribution is 1.34. The van der Waals surface area contributed by atoms with Crippen LogP contribution in [0.5, 0.6) is 0 Å². The van der Waals surface area contributed by atoms with Crippen LogP contribution in [0.2, 0.25) is 0 Å². The van der Waals surface area contributed by atoms with Crippen LogP contribution in [0, 0.1) is 0 Å². The van der Waals surface area contributed by atoms with Gasteiger partial charge in [0.2, 0.25) is 0 Å². The second-order valence-corrected chi connectivity index (χ2v) is 5.30. The van der Waals surface area contributed by atoms with Gasteiger partial charge in [-0.3, -0.25) is 0 Å². The number of anilines is 1. The summed E-state index contributed by atoms with van der Waals surface area (Å²) >= 11 is 0. The molecule has 0 aliphatic heterocycles. The summed E-state index contributed by atoms with van der Waals surface area (Å²) in [5, 5.41) is 0. The van der Waals surface area contributed by atoms with Gasteiger partial charge in [0, 0.05) is 11.3 Å². The molecule has 4 aromatic rings. The zero-order chi connectivity index (χ0) is 14.9. The molecule has 1 aromatic heterocycles. The second-order valence-electron chi connectivity index (χ2n) is 5.30. The molecule has 0 amide bonds. The number of nitrogens with zero attached hydrogens (tertiary/aromatic N) is 1. The summed E-state index contributed by atoms with van der Waals surface area (Å²) in [6.45, 7) is 0. The molecule has 1 heterocycles.